The molecule has 0 atom stereocenters. The van der Waals surface area contributed by atoms with Gasteiger partial charge in [0.15, 0.2) is 0 Å². The van der Waals surface area contributed by atoms with Crippen LogP contribution in [-0.4, -0.2) is 13.3 Å². The summed E-state index contributed by atoms with van der Waals surface area (Å²) in [5.74, 6) is 0. The predicted molar refractivity (Wildman–Crippen MR) is 26.8 cm³/mol. The molecular weight excluding hydrogens is 153 g/mol. The summed E-state index contributed by atoms with van der Waals surface area (Å²) in [6, 6.07) is 0. The standard InChI is InChI=1S/ClH.H3N.Na.H2O3S.H/c;;;1-4(2)3;/h1H;1H3;;(H2,1,2,3);/q;;+1;;-1. The molecule has 0 aliphatic rings. The van der Waals surface area contributed by atoms with Crippen molar-refractivity contribution in [3.8, 4) is 0 Å². The van der Waals surface area contributed by atoms with Gasteiger partial charge in [0.25, 0.3) is 11.4 Å². The Bertz CT molecular complexity index is 42.3. The summed E-state index contributed by atoms with van der Waals surface area (Å²) in [5, 5.41) is 0. The fraction of sp³-hybridized carbons (Fsp3) is 0. The Morgan fingerprint density at radius 1 is 1.43 bits per heavy atom. The summed E-state index contributed by atoms with van der Waals surface area (Å²) in [6.07, 6.45) is 0. The largest absolute Gasteiger partial charge is 1.00 e. The second-order valence-electron chi connectivity index (χ2n) is 0.231. The van der Waals surface area contributed by atoms with E-state index in [2.05, 4.69) is 0 Å². The zero-order valence-corrected chi connectivity index (χ0v) is 7.46. The monoisotopic (exact) mass is 159 g/mol. The second-order valence-corrected chi connectivity index (χ2v) is 0.692. The van der Waals surface area contributed by atoms with Gasteiger partial charge in [-0.1, -0.05) is 0 Å². The first-order chi connectivity index (χ1) is 1.73. The first-order valence-corrected chi connectivity index (χ1v) is 1.60. The van der Waals surface area contributed by atoms with Gasteiger partial charge in [-0.3, -0.25) is 9.11 Å². The minimum absolute atomic E-state index is 0. The van der Waals surface area contributed by atoms with Gasteiger partial charge >= 0.3 is 29.6 Å². The molecule has 0 heterocycles. The molecule has 0 saturated heterocycles. The van der Waals surface area contributed by atoms with E-state index in [-0.39, 0.29) is 49.5 Å². The number of rotatable bonds is 0. The molecule has 0 aliphatic carbocycles. The van der Waals surface area contributed by atoms with E-state index in [4.69, 9.17) is 13.3 Å². The molecule has 0 rings (SSSR count). The Labute approximate surface area is 73.9 Å². The van der Waals surface area contributed by atoms with Gasteiger partial charge in [0.1, 0.15) is 0 Å². The maximum Gasteiger partial charge on any atom is 1.00 e. The zero-order valence-electron chi connectivity index (χ0n) is 4.83. The van der Waals surface area contributed by atoms with Crippen LogP contribution >= 0.6 is 12.4 Å². The topological polar surface area (TPSA) is 92.5 Å². The van der Waals surface area contributed by atoms with Gasteiger partial charge in [0.05, 0.1) is 0 Å². The van der Waals surface area contributed by atoms with Crippen molar-refractivity contribution in [1.29, 1.82) is 0 Å². The summed E-state index contributed by atoms with van der Waals surface area (Å²) in [5.41, 5.74) is 0. The maximum absolute atomic E-state index is 8.67. The number of hydrogen-bond acceptors (Lipinski definition) is 2. The van der Waals surface area contributed by atoms with Gasteiger partial charge in [-0.15, -0.1) is 12.4 Å². The van der Waals surface area contributed by atoms with Crippen LogP contribution in [-0.2, 0) is 11.4 Å². The fourth-order valence-corrected chi connectivity index (χ4v) is 0. The Balaban J connectivity index is -0.00000000750. The summed E-state index contributed by atoms with van der Waals surface area (Å²) >= 11 is -2.61. The third kappa shape index (κ3) is 119. The van der Waals surface area contributed by atoms with Crippen molar-refractivity contribution in [1.82, 2.24) is 6.15 Å². The Morgan fingerprint density at radius 3 is 1.43 bits per heavy atom. The summed E-state index contributed by atoms with van der Waals surface area (Å²) in [6.45, 7) is 0. The van der Waals surface area contributed by atoms with Crippen LogP contribution in [0, 0.1) is 0 Å². The molecule has 44 valence electrons. The molecule has 0 aliphatic heterocycles. The van der Waals surface area contributed by atoms with Gasteiger partial charge in [0.2, 0.25) is 0 Å². The minimum atomic E-state index is -2.61. The van der Waals surface area contributed by atoms with Crippen molar-refractivity contribution in [2.45, 2.75) is 0 Å². The van der Waals surface area contributed by atoms with Crippen molar-refractivity contribution in [2.75, 3.05) is 0 Å². The van der Waals surface area contributed by atoms with Gasteiger partial charge in [-0.2, -0.15) is 4.21 Å². The quantitative estimate of drug-likeness (QED) is 0.267. The van der Waals surface area contributed by atoms with E-state index in [1.807, 2.05) is 0 Å². The first-order valence-electron chi connectivity index (χ1n) is 0.532. The molecule has 0 bridgehead atoms. The SMILES string of the molecule is Cl.N.O=S(O)O.[H-].[Na+]. The van der Waals surface area contributed by atoms with Gasteiger partial charge in [0, 0.05) is 0 Å². The Hall–Kier alpha value is 1.32. The van der Waals surface area contributed by atoms with Crippen LogP contribution < -0.4 is 35.7 Å². The van der Waals surface area contributed by atoms with Crippen LogP contribution in [0.3, 0.4) is 0 Å². The Kier molecular flexibility index (Phi) is 53.5. The molecule has 0 radical (unpaired) electrons. The molecule has 5 N–H and O–H groups in total. The van der Waals surface area contributed by atoms with Gasteiger partial charge in [-0.25, -0.2) is 0 Å². The smallest absolute Gasteiger partial charge is 1.00 e. The average molecular weight is 160 g/mol. The molecule has 4 nitrogen and oxygen atoms in total. The van der Waals surface area contributed by atoms with Crippen LogP contribution in [0.5, 0.6) is 0 Å². The summed E-state index contributed by atoms with van der Waals surface area (Å²) in [7, 11) is 0. The molecule has 0 amide bonds. The first kappa shape index (κ1) is 23.9. The molecule has 0 fully saturated rings. The fourth-order valence-electron chi connectivity index (χ4n) is 0. The maximum atomic E-state index is 8.67. The second kappa shape index (κ2) is 15.7. The third-order valence-corrected chi connectivity index (χ3v) is 0. The number of hydrogen-bond donors (Lipinski definition) is 3. The molecule has 0 aromatic heterocycles. The molecule has 0 aromatic rings. The van der Waals surface area contributed by atoms with Gasteiger partial charge < -0.3 is 7.58 Å². The minimum Gasteiger partial charge on any atom is -1.00 e. The third-order valence-electron chi connectivity index (χ3n) is 0. The molecule has 7 heteroatoms. The van der Waals surface area contributed by atoms with E-state index in [1.165, 1.54) is 0 Å². The normalized spacial score (nSPS) is 5.00. The van der Waals surface area contributed by atoms with Crippen LogP contribution in [0.15, 0.2) is 0 Å². The average Bonchev–Trinajstić information content (AvgIpc) is 0.811. The predicted octanol–water partition coefficient (Wildman–Crippen LogP) is -2.62. The van der Waals surface area contributed by atoms with Crippen LogP contribution in [0.25, 0.3) is 0 Å². The van der Waals surface area contributed by atoms with Crippen molar-refractivity contribution in [2.24, 2.45) is 0 Å². The van der Waals surface area contributed by atoms with Crippen molar-refractivity contribution in [3.05, 3.63) is 0 Å². The molecule has 0 saturated carbocycles. The molecule has 0 spiro atoms. The zero-order chi connectivity index (χ0) is 3.58. The van der Waals surface area contributed by atoms with E-state index in [0.717, 1.165) is 0 Å². The van der Waals surface area contributed by atoms with E-state index in [1.54, 1.807) is 0 Å². The van der Waals surface area contributed by atoms with E-state index >= 15 is 0 Å². The van der Waals surface area contributed by atoms with Crippen molar-refractivity contribution >= 4 is 23.8 Å². The van der Waals surface area contributed by atoms with Gasteiger partial charge in [-0.05, 0) is 0 Å². The van der Waals surface area contributed by atoms with Crippen LogP contribution in [0.4, 0.5) is 0 Å². The number of halogens is 1. The van der Waals surface area contributed by atoms with E-state index in [0.29, 0.717) is 0 Å². The molecular formula is H7ClNNaO3S. The van der Waals surface area contributed by atoms with Crippen molar-refractivity contribution in [3.63, 3.8) is 0 Å². The molecule has 0 unspecified atom stereocenters. The van der Waals surface area contributed by atoms with Crippen LogP contribution in [0.1, 0.15) is 1.43 Å². The summed E-state index contributed by atoms with van der Waals surface area (Å²) < 4.78 is 22.8. The molecule has 7 heavy (non-hydrogen) atoms. The van der Waals surface area contributed by atoms with Crippen molar-refractivity contribution < 1.29 is 44.3 Å². The van der Waals surface area contributed by atoms with Crippen LogP contribution in [0.2, 0.25) is 0 Å². The molecule has 0 aromatic carbocycles. The summed E-state index contributed by atoms with van der Waals surface area (Å²) in [4.78, 5) is 0. The van der Waals surface area contributed by atoms with E-state index in [9.17, 15) is 0 Å². The Morgan fingerprint density at radius 2 is 1.43 bits per heavy atom. The van der Waals surface area contributed by atoms with E-state index < -0.39 is 11.4 Å².